The molecule has 0 aliphatic carbocycles. The van der Waals surface area contributed by atoms with E-state index in [1.54, 1.807) is 0 Å². The molecule has 1 amide bonds. The van der Waals surface area contributed by atoms with E-state index in [2.05, 4.69) is 17.1 Å². The molecule has 3 N–H and O–H groups in total. The Morgan fingerprint density at radius 1 is 1.60 bits per heavy atom. The number of nitrogens with two attached hydrogens (primary N) is 1. The standard InChI is InChI=1S/C14H20FN3O2/c1-10-9-20-7-6-18(10)5-4-14(19)17-11-2-3-12(15)13(16)8-11/h2-3,8,10H,4-7,9,16H2,1H3,(H,17,19). The molecule has 20 heavy (non-hydrogen) atoms. The van der Waals surface area contributed by atoms with Crippen molar-refractivity contribution in [3.63, 3.8) is 0 Å². The van der Waals surface area contributed by atoms with Crippen molar-refractivity contribution in [3.8, 4) is 0 Å². The van der Waals surface area contributed by atoms with Gasteiger partial charge in [0, 0.05) is 31.2 Å². The van der Waals surface area contributed by atoms with Gasteiger partial charge in [-0.15, -0.1) is 0 Å². The second-order valence-corrected chi connectivity index (χ2v) is 4.99. The number of halogens is 1. The van der Waals surface area contributed by atoms with Gasteiger partial charge in [-0.2, -0.15) is 0 Å². The molecule has 6 heteroatoms. The lowest BCUT2D eigenvalue weighted by Gasteiger charge is -2.32. The van der Waals surface area contributed by atoms with Gasteiger partial charge in [0.25, 0.3) is 0 Å². The number of amides is 1. The van der Waals surface area contributed by atoms with Crippen LogP contribution in [-0.2, 0) is 9.53 Å². The molecule has 5 nitrogen and oxygen atoms in total. The first kappa shape index (κ1) is 14.7. The zero-order valence-corrected chi connectivity index (χ0v) is 11.6. The van der Waals surface area contributed by atoms with Crippen LogP contribution in [0.1, 0.15) is 13.3 Å². The van der Waals surface area contributed by atoms with E-state index in [9.17, 15) is 9.18 Å². The highest BCUT2D eigenvalue weighted by Gasteiger charge is 2.19. The number of anilines is 2. The predicted molar refractivity (Wildman–Crippen MR) is 75.9 cm³/mol. The summed E-state index contributed by atoms with van der Waals surface area (Å²) in [5.74, 6) is -0.583. The highest BCUT2D eigenvalue weighted by atomic mass is 19.1. The molecule has 1 unspecified atom stereocenters. The summed E-state index contributed by atoms with van der Waals surface area (Å²) in [7, 11) is 0. The first-order valence-corrected chi connectivity index (χ1v) is 6.73. The highest BCUT2D eigenvalue weighted by Crippen LogP contribution is 2.16. The van der Waals surface area contributed by atoms with Crippen molar-refractivity contribution in [2.45, 2.75) is 19.4 Å². The third-order valence-corrected chi connectivity index (χ3v) is 3.41. The molecule has 0 saturated carbocycles. The maximum atomic E-state index is 13.0. The first-order chi connectivity index (χ1) is 9.56. The van der Waals surface area contributed by atoms with Crippen molar-refractivity contribution < 1.29 is 13.9 Å². The second kappa shape index (κ2) is 6.67. The van der Waals surface area contributed by atoms with E-state index < -0.39 is 5.82 Å². The molecule has 0 radical (unpaired) electrons. The van der Waals surface area contributed by atoms with Crippen LogP contribution in [0.5, 0.6) is 0 Å². The van der Waals surface area contributed by atoms with Crippen LogP contribution in [0.2, 0.25) is 0 Å². The van der Waals surface area contributed by atoms with Crippen LogP contribution in [0.3, 0.4) is 0 Å². The fraction of sp³-hybridized carbons (Fsp3) is 0.500. The number of carbonyl (C=O) groups is 1. The van der Waals surface area contributed by atoms with Gasteiger partial charge in [0.05, 0.1) is 18.9 Å². The van der Waals surface area contributed by atoms with Crippen LogP contribution in [0.25, 0.3) is 0 Å². The Hall–Kier alpha value is -1.66. The van der Waals surface area contributed by atoms with Gasteiger partial charge in [-0.3, -0.25) is 9.69 Å². The van der Waals surface area contributed by atoms with Crippen LogP contribution in [0.4, 0.5) is 15.8 Å². The molecule has 1 saturated heterocycles. The Morgan fingerprint density at radius 3 is 3.10 bits per heavy atom. The molecular formula is C14H20FN3O2. The molecular weight excluding hydrogens is 261 g/mol. The average molecular weight is 281 g/mol. The molecule has 1 fully saturated rings. The van der Waals surface area contributed by atoms with E-state index in [1.807, 2.05) is 0 Å². The van der Waals surface area contributed by atoms with E-state index in [1.165, 1.54) is 18.2 Å². The molecule has 0 spiro atoms. The van der Waals surface area contributed by atoms with Crippen LogP contribution in [-0.4, -0.2) is 43.2 Å². The van der Waals surface area contributed by atoms with E-state index >= 15 is 0 Å². The van der Waals surface area contributed by atoms with Gasteiger partial charge in [0.15, 0.2) is 0 Å². The minimum atomic E-state index is -0.481. The van der Waals surface area contributed by atoms with Crippen molar-refractivity contribution in [2.75, 3.05) is 37.4 Å². The fourth-order valence-electron chi connectivity index (χ4n) is 2.18. The number of nitrogens with zero attached hydrogens (tertiary/aromatic N) is 1. The Morgan fingerprint density at radius 2 is 2.40 bits per heavy atom. The fourth-order valence-corrected chi connectivity index (χ4v) is 2.18. The van der Waals surface area contributed by atoms with Crippen LogP contribution in [0, 0.1) is 5.82 Å². The van der Waals surface area contributed by atoms with Crippen LogP contribution in [0.15, 0.2) is 18.2 Å². The van der Waals surface area contributed by atoms with Crippen LogP contribution >= 0.6 is 0 Å². The molecule has 2 rings (SSSR count). The number of ether oxygens (including phenoxy) is 1. The number of hydrogen-bond donors (Lipinski definition) is 2. The summed E-state index contributed by atoms with van der Waals surface area (Å²) in [5.41, 5.74) is 6.01. The Labute approximate surface area is 117 Å². The minimum absolute atomic E-state index is 0.0320. The van der Waals surface area contributed by atoms with E-state index in [-0.39, 0.29) is 11.6 Å². The Bertz CT molecular complexity index is 481. The molecule has 1 aliphatic heterocycles. The largest absolute Gasteiger partial charge is 0.396 e. The molecule has 1 aromatic rings. The zero-order chi connectivity index (χ0) is 14.5. The van der Waals surface area contributed by atoms with Gasteiger partial charge in [-0.05, 0) is 25.1 Å². The number of nitrogens with one attached hydrogen (secondary N) is 1. The summed E-state index contributed by atoms with van der Waals surface area (Å²) in [6.45, 7) is 5.03. The Balaban J connectivity index is 1.81. The molecule has 0 aromatic heterocycles. The molecule has 110 valence electrons. The molecule has 1 heterocycles. The molecule has 1 aliphatic rings. The summed E-state index contributed by atoms with van der Waals surface area (Å²) >= 11 is 0. The van der Waals surface area contributed by atoms with Gasteiger partial charge in [-0.1, -0.05) is 0 Å². The SMILES string of the molecule is CC1COCCN1CCC(=O)Nc1ccc(F)c(N)c1. The lowest BCUT2D eigenvalue weighted by atomic mass is 10.2. The van der Waals surface area contributed by atoms with Gasteiger partial charge in [-0.25, -0.2) is 4.39 Å². The van der Waals surface area contributed by atoms with Gasteiger partial charge in [0.1, 0.15) is 5.82 Å². The van der Waals surface area contributed by atoms with Crippen LogP contribution < -0.4 is 11.1 Å². The lowest BCUT2D eigenvalue weighted by Crippen LogP contribution is -2.44. The number of carbonyl (C=O) groups excluding carboxylic acids is 1. The monoisotopic (exact) mass is 281 g/mol. The van der Waals surface area contributed by atoms with Gasteiger partial charge in [0.2, 0.25) is 5.91 Å². The predicted octanol–water partition coefficient (Wildman–Crippen LogP) is 1.46. The van der Waals surface area contributed by atoms with E-state index in [0.29, 0.717) is 37.9 Å². The number of morpholine rings is 1. The lowest BCUT2D eigenvalue weighted by molar-refractivity contribution is -0.117. The summed E-state index contributed by atoms with van der Waals surface area (Å²) < 4.78 is 18.4. The van der Waals surface area contributed by atoms with Crippen molar-refractivity contribution >= 4 is 17.3 Å². The maximum Gasteiger partial charge on any atom is 0.225 e. The number of nitrogen functional groups attached to an aromatic ring is 1. The highest BCUT2D eigenvalue weighted by molar-refractivity contribution is 5.91. The summed E-state index contributed by atoms with van der Waals surface area (Å²) in [4.78, 5) is 14.1. The summed E-state index contributed by atoms with van der Waals surface area (Å²) in [6.07, 6.45) is 0.390. The van der Waals surface area contributed by atoms with Crippen molar-refractivity contribution in [2.24, 2.45) is 0 Å². The Kier molecular flexibility index (Phi) is 4.92. The number of rotatable bonds is 4. The second-order valence-electron chi connectivity index (χ2n) is 4.99. The summed E-state index contributed by atoms with van der Waals surface area (Å²) in [6, 6.07) is 4.50. The van der Waals surface area contributed by atoms with E-state index in [4.69, 9.17) is 10.5 Å². The van der Waals surface area contributed by atoms with Crippen molar-refractivity contribution in [3.05, 3.63) is 24.0 Å². The van der Waals surface area contributed by atoms with Gasteiger partial charge < -0.3 is 15.8 Å². The average Bonchev–Trinajstić information content (AvgIpc) is 2.42. The smallest absolute Gasteiger partial charge is 0.225 e. The molecule has 0 bridgehead atoms. The first-order valence-electron chi connectivity index (χ1n) is 6.73. The zero-order valence-electron chi connectivity index (χ0n) is 11.6. The number of benzene rings is 1. The van der Waals surface area contributed by atoms with E-state index in [0.717, 1.165) is 6.54 Å². The van der Waals surface area contributed by atoms with Crippen molar-refractivity contribution in [1.82, 2.24) is 4.90 Å². The quantitative estimate of drug-likeness (QED) is 0.820. The molecule has 1 aromatic carbocycles. The third kappa shape index (κ3) is 3.91. The normalized spacial score (nSPS) is 19.8. The molecule has 1 atom stereocenters. The summed E-state index contributed by atoms with van der Waals surface area (Å²) in [5, 5.41) is 2.72. The topological polar surface area (TPSA) is 67.6 Å². The number of hydrogen-bond acceptors (Lipinski definition) is 4. The minimum Gasteiger partial charge on any atom is -0.396 e. The third-order valence-electron chi connectivity index (χ3n) is 3.41. The van der Waals surface area contributed by atoms with Crippen molar-refractivity contribution in [1.29, 1.82) is 0 Å². The maximum absolute atomic E-state index is 13.0. The van der Waals surface area contributed by atoms with Gasteiger partial charge >= 0.3 is 0 Å².